The Morgan fingerprint density at radius 1 is 1.24 bits per heavy atom. The first-order chi connectivity index (χ1) is 16.0. The van der Waals surface area contributed by atoms with Crippen molar-refractivity contribution < 1.29 is 14.4 Å². The zero-order valence-electron chi connectivity index (χ0n) is 18.2. The molecule has 1 aromatic carbocycles. The lowest BCUT2D eigenvalue weighted by atomic mass is 9.95. The summed E-state index contributed by atoms with van der Waals surface area (Å²) >= 11 is 3.04. The maximum atomic E-state index is 13.4. The summed E-state index contributed by atoms with van der Waals surface area (Å²) in [5.74, 6) is -0.718. The van der Waals surface area contributed by atoms with E-state index in [1.807, 2.05) is 41.3 Å². The van der Waals surface area contributed by atoms with Gasteiger partial charge < -0.3 is 10.2 Å². The van der Waals surface area contributed by atoms with Crippen molar-refractivity contribution in [2.24, 2.45) is 5.92 Å². The van der Waals surface area contributed by atoms with Crippen LogP contribution in [0.15, 0.2) is 46.6 Å². The Kier molecular flexibility index (Phi) is 5.99. The van der Waals surface area contributed by atoms with E-state index in [1.54, 1.807) is 23.6 Å². The van der Waals surface area contributed by atoms with Crippen LogP contribution in [0.4, 0.5) is 5.69 Å². The minimum atomic E-state index is -0.428. The minimum Gasteiger partial charge on any atom is -0.370 e. The number of aromatic nitrogens is 1. The molecule has 0 spiro atoms. The molecule has 0 radical (unpaired) electrons. The molecule has 2 aliphatic rings. The number of nitrogens with zero attached hydrogens (tertiary/aromatic N) is 3. The van der Waals surface area contributed by atoms with E-state index < -0.39 is 6.04 Å². The van der Waals surface area contributed by atoms with E-state index in [4.69, 9.17) is 0 Å². The molecule has 3 amide bonds. The second-order valence-corrected chi connectivity index (χ2v) is 10.1. The van der Waals surface area contributed by atoms with E-state index in [-0.39, 0.29) is 23.6 Å². The maximum absolute atomic E-state index is 13.4. The lowest BCUT2D eigenvalue weighted by Crippen LogP contribution is -2.43. The van der Waals surface area contributed by atoms with Crippen LogP contribution in [0.3, 0.4) is 0 Å². The van der Waals surface area contributed by atoms with Gasteiger partial charge in [0, 0.05) is 31.2 Å². The molecule has 0 unspecified atom stereocenters. The van der Waals surface area contributed by atoms with E-state index in [2.05, 4.69) is 15.2 Å². The highest BCUT2D eigenvalue weighted by Gasteiger charge is 2.42. The van der Waals surface area contributed by atoms with E-state index in [9.17, 15) is 14.4 Å². The predicted octanol–water partition coefficient (Wildman–Crippen LogP) is 4.09. The number of anilines is 1. The van der Waals surface area contributed by atoms with Crippen LogP contribution in [0, 0.1) is 5.92 Å². The summed E-state index contributed by atoms with van der Waals surface area (Å²) in [5, 5.41) is 9.63. The third kappa shape index (κ3) is 4.06. The first-order valence-electron chi connectivity index (χ1n) is 11.0. The van der Waals surface area contributed by atoms with Crippen molar-refractivity contribution in [1.82, 2.24) is 15.2 Å². The molecule has 5 rings (SSSR count). The van der Waals surface area contributed by atoms with Gasteiger partial charge in [0.2, 0.25) is 5.91 Å². The maximum Gasteiger partial charge on any atom is 0.264 e. The van der Waals surface area contributed by atoms with Crippen molar-refractivity contribution in [3.8, 4) is 0 Å². The first-order valence-corrected chi connectivity index (χ1v) is 12.8. The fourth-order valence-corrected chi connectivity index (χ4v) is 5.94. The zero-order chi connectivity index (χ0) is 22.9. The molecule has 7 nitrogen and oxygen atoms in total. The molecule has 2 aromatic heterocycles. The number of piperidine rings is 1. The van der Waals surface area contributed by atoms with E-state index in [1.165, 1.54) is 16.2 Å². The lowest BCUT2D eigenvalue weighted by Gasteiger charge is -2.34. The summed E-state index contributed by atoms with van der Waals surface area (Å²) in [5.41, 5.74) is 2.69. The van der Waals surface area contributed by atoms with Crippen LogP contribution < -0.4 is 10.2 Å². The molecule has 0 aliphatic carbocycles. The average Bonchev–Trinajstić information content (AvgIpc) is 3.60. The Bertz CT molecular complexity index is 1180. The van der Waals surface area contributed by atoms with Crippen LogP contribution in [0.1, 0.15) is 57.1 Å². The third-order valence-corrected chi connectivity index (χ3v) is 7.98. The number of thiazole rings is 1. The molecule has 170 valence electrons. The number of carbonyl (C=O) groups excluding carboxylic acids is 3. The van der Waals surface area contributed by atoms with E-state index in [0.717, 1.165) is 35.6 Å². The van der Waals surface area contributed by atoms with Crippen LogP contribution >= 0.6 is 22.7 Å². The summed E-state index contributed by atoms with van der Waals surface area (Å²) in [4.78, 5) is 47.1. The van der Waals surface area contributed by atoms with E-state index in [0.29, 0.717) is 24.2 Å². The fraction of sp³-hybridized carbons (Fsp3) is 0.333. The van der Waals surface area contributed by atoms with Crippen LogP contribution in [-0.4, -0.2) is 40.7 Å². The van der Waals surface area contributed by atoms with Gasteiger partial charge in [-0.3, -0.25) is 19.3 Å². The van der Waals surface area contributed by atoms with Gasteiger partial charge in [0.1, 0.15) is 5.01 Å². The summed E-state index contributed by atoms with van der Waals surface area (Å²) < 4.78 is 0. The Balaban J connectivity index is 1.35. The zero-order valence-corrected chi connectivity index (χ0v) is 19.8. The molecule has 0 saturated carbocycles. The van der Waals surface area contributed by atoms with Gasteiger partial charge >= 0.3 is 0 Å². The topological polar surface area (TPSA) is 82.6 Å². The Labute approximate surface area is 200 Å². The van der Waals surface area contributed by atoms with Gasteiger partial charge in [-0.25, -0.2) is 4.98 Å². The van der Waals surface area contributed by atoms with Crippen LogP contribution in [0.2, 0.25) is 0 Å². The number of hydrogen-bond acceptors (Lipinski definition) is 7. The summed E-state index contributed by atoms with van der Waals surface area (Å²) in [6.45, 7) is 3.62. The average molecular weight is 481 g/mol. The molecule has 2 atom stereocenters. The number of nitrogens with one attached hydrogen (secondary N) is 1. The van der Waals surface area contributed by atoms with Gasteiger partial charge in [0.15, 0.2) is 0 Å². The van der Waals surface area contributed by atoms with Crippen LogP contribution in [-0.2, 0) is 11.3 Å². The number of carbonyl (C=O) groups is 3. The third-order valence-electron chi connectivity index (χ3n) is 6.30. The fourth-order valence-electron chi connectivity index (χ4n) is 4.59. The normalized spacial score (nSPS) is 19.0. The number of benzene rings is 1. The quantitative estimate of drug-likeness (QED) is 0.537. The second kappa shape index (κ2) is 9.07. The largest absolute Gasteiger partial charge is 0.370 e. The number of amides is 3. The molecule has 2 aliphatic heterocycles. The van der Waals surface area contributed by atoms with Crippen molar-refractivity contribution in [2.45, 2.75) is 32.4 Å². The highest BCUT2D eigenvalue weighted by Crippen LogP contribution is 2.38. The van der Waals surface area contributed by atoms with Crippen molar-refractivity contribution in [3.05, 3.63) is 68.3 Å². The Morgan fingerprint density at radius 3 is 2.88 bits per heavy atom. The van der Waals surface area contributed by atoms with Gasteiger partial charge in [0.05, 0.1) is 28.8 Å². The molecule has 4 heterocycles. The molecule has 1 saturated heterocycles. The molecule has 33 heavy (non-hydrogen) atoms. The molecule has 1 fully saturated rings. The summed E-state index contributed by atoms with van der Waals surface area (Å²) in [7, 11) is 0. The first kappa shape index (κ1) is 21.8. The molecular formula is C24H24N4O3S2. The SMILES string of the molecule is C[C@@H](c1nccs1)N1C(=O)c2cccc(N3CCC[C@@H](C(=O)NCc4ccsc4)C3)c2C1=O. The number of imide groups is 1. The number of hydrogen-bond donors (Lipinski definition) is 1. The second-order valence-electron chi connectivity index (χ2n) is 8.36. The predicted molar refractivity (Wildman–Crippen MR) is 129 cm³/mol. The number of thiophene rings is 1. The Morgan fingerprint density at radius 2 is 2.12 bits per heavy atom. The highest BCUT2D eigenvalue weighted by molar-refractivity contribution is 7.09. The Hall–Kier alpha value is -3.04. The monoisotopic (exact) mass is 480 g/mol. The van der Waals surface area contributed by atoms with Crippen molar-refractivity contribution in [3.63, 3.8) is 0 Å². The summed E-state index contributed by atoms with van der Waals surface area (Å²) in [6, 6.07) is 6.99. The van der Waals surface area contributed by atoms with Gasteiger partial charge in [-0.1, -0.05) is 6.07 Å². The van der Waals surface area contributed by atoms with Crippen molar-refractivity contribution in [1.29, 1.82) is 0 Å². The lowest BCUT2D eigenvalue weighted by molar-refractivity contribution is -0.125. The number of fused-ring (bicyclic) bond motifs is 1. The molecular weight excluding hydrogens is 456 g/mol. The minimum absolute atomic E-state index is 0.0277. The van der Waals surface area contributed by atoms with Crippen LogP contribution in [0.5, 0.6) is 0 Å². The molecule has 9 heteroatoms. The number of rotatable bonds is 6. The van der Waals surface area contributed by atoms with Gasteiger partial charge in [-0.2, -0.15) is 11.3 Å². The molecule has 1 N–H and O–H groups in total. The van der Waals surface area contributed by atoms with Gasteiger partial charge in [0.25, 0.3) is 11.8 Å². The smallest absolute Gasteiger partial charge is 0.264 e. The standard InChI is InChI=1S/C24H24N4O3S2/c1-15(22-25-8-11-33-22)28-23(30)18-5-2-6-19(20(18)24(28)31)27-9-3-4-17(13-27)21(29)26-12-16-7-10-32-14-16/h2,5-8,10-11,14-15,17H,3-4,9,12-13H2,1H3,(H,26,29)/t15-,17+/m0/s1. The highest BCUT2D eigenvalue weighted by atomic mass is 32.1. The molecule has 3 aromatic rings. The van der Waals surface area contributed by atoms with Crippen molar-refractivity contribution in [2.75, 3.05) is 18.0 Å². The van der Waals surface area contributed by atoms with Crippen LogP contribution in [0.25, 0.3) is 0 Å². The van der Waals surface area contributed by atoms with Crippen molar-refractivity contribution >= 4 is 46.1 Å². The molecule has 0 bridgehead atoms. The van der Waals surface area contributed by atoms with Gasteiger partial charge in [-0.05, 0) is 54.3 Å². The van der Waals surface area contributed by atoms with E-state index >= 15 is 0 Å². The summed E-state index contributed by atoms with van der Waals surface area (Å²) in [6.07, 6.45) is 3.33. The van der Waals surface area contributed by atoms with Gasteiger partial charge in [-0.15, -0.1) is 11.3 Å².